The van der Waals surface area contributed by atoms with Gasteiger partial charge in [0, 0.05) is 10.8 Å². The summed E-state index contributed by atoms with van der Waals surface area (Å²) in [5, 5.41) is 1.48. The summed E-state index contributed by atoms with van der Waals surface area (Å²) >= 11 is 13.7. The quantitative estimate of drug-likeness (QED) is 0.737. The maximum absolute atomic E-state index is 12.0. The molecule has 4 heteroatoms. The van der Waals surface area contributed by atoms with Crippen LogP contribution in [0.1, 0.15) is 36.0 Å². The molecule has 92 valence electrons. The van der Waals surface area contributed by atoms with Crippen LogP contribution < -0.4 is 0 Å². The Morgan fingerprint density at radius 1 is 1.29 bits per heavy atom. The Bertz CT molecular complexity index is 414. The first-order valence-corrected chi connectivity index (χ1v) is 7.58. The summed E-state index contributed by atoms with van der Waals surface area (Å²) in [7, 11) is 0. The Morgan fingerprint density at radius 2 is 2.00 bits per heavy atom. The van der Waals surface area contributed by atoms with Gasteiger partial charge in [0.05, 0.1) is 15.8 Å². The summed E-state index contributed by atoms with van der Waals surface area (Å²) in [6.07, 6.45) is 5.07. The largest absolute Gasteiger partial charge is 0.293 e. The minimum Gasteiger partial charge on any atom is -0.293 e. The Morgan fingerprint density at radius 3 is 2.71 bits per heavy atom. The molecule has 0 heterocycles. The molecule has 1 aliphatic carbocycles. The Balaban J connectivity index is 1.97. The average molecular weight is 289 g/mol. The second-order valence-electron chi connectivity index (χ2n) is 4.24. The van der Waals surface area contributed by atoms with Crippen LogP contribution in [0.4, 0.5) is 0 Å². The van der Waals surface area contributed by atoms with E-state index in [0.29, 0.717) is 26.6 Å². The summed E-state index contributed by atoms with van der Waals surface area (Å²) in [4.78, 5) is 12.0. The summed E-state index contributed by atoms with van der Waals surface area (Å²) in [5.74, 6) is 0.583. The van der Waals surface area contributed by atoms with Gasteiger partial charge in [-0.3, -0.25) is 4.79 Å². The first-order valence-electron chi connectivity index (χ1n) is 5.77. The number of benzene rings is 1. The highest BCUT2D eigenvalue weighted by molar-refractivity contribution is 8.00. The predicted molar refractivity (Wildman–Crippen MR) is 75.5 cm³/mol. The van der Waals surface area contributed by atoms with E-state index < -0.39 is 0 Å². The number of carbonyl (C=O) groups is 1. The third-order valence-electron chi connectivity index (χ3n) is 3.00. The van der Waals surface area contributed by atoms with Gasteiger partial charge >= 0.3 is 0 Å². The topological polar surface area (TPSA) is 17.1 Å². The van der Waals surface area contributed by atoms with Gasteiger partial charge in [-0.05, 0) is 25.0 Å². The molecule has 1 nitrogen and oxygen atoms in total. The molecule has 1 saturated carbocycles. The van der Waals surface area contributed by atoms with Crippen molar-refractivity contribution in [3.05, 3.63) is 33.8 Å². The molecule has 0 amide bonds. The maximum atomic E-state index is 12.0. The SMILES string of the molecule is O=C(CSC1CCCC1)c1cccc(Cl)c1Cl. The van der Waals surface area contributed by atoms with Crippen molar-refractivity contribution in [3.63, 3.8) is 0 Å². The van der Waals surface area contributed by atoms with Crippen LogP contribution in [0.2, 0.25) is 10.0 Å². The number of carbonyl (C=O) groups excluding carboxylic acids is 1. The predicted octanol–water partition coefficient (Wildman–Crippen LogP) is 4.85. The minimum atomic E-state index is 0.0781. The van der Waals surface area contributed by atoms with Crippen molar-refractivity contribution in [2.45, 2.75) is 30.9 Å². The zero-order valence-corrected chi connectivity index (χ0v) is 11.7. The average Bonchev–Trinajstić information content (AvgIpc) is 2.82. The van der Waals surface area contributed by atoms with Crippen LogP contribution in [0.3, 0.4) is 0 Å². The summed E-state index contributed by atoms with van der Waals surface area (Å²) in [6, 6.07) is 5.21. The van der Waals surface area contributed by atoms with Crippen LogP contribution in [0.15, 0.2) is 18.2 Å². The number of hydrogen-bond donors (Lipinski definition) is 0. The van der Waals surface area contributed by atoms with Crippen molar-refractivity contribution in [2.75, 3.05) is 5.75 Å². The molecule has 1 aromatic rings. The maximum Gasteiger partial charge on any atom is 0.174 e. The Kier molecular flexibility index (Phi) is 4.78. The van der Waals surface area contributed by atoms with E-state index in [4.69, 9.17) is 23.2 Å². The molecular formula is C13H14Cl2OS. The van der Waals surface area contributed by atoms with Crippen LogP contribution in [0, 0.1) is 0 Å². The zero-order valence-electron chi connectivity index (χ0n) is 9.42. The van der Waals surface area contributed by atoms with E-state index in [-0.39, 0.29) is 5.78 Å². The fraction of sp³-hybridized carbons (Fsp3) is 0.462. The second-order valence-corrected chi connectivity index (χ2v) is 6.32. The molecule has 0 atom stereocenters. The molecule has 2 rings (SSSR count). The van der Waals surface area contributed by atoms with E-state index in [1.165, 1.54) is 25.7 Å². The van der Waals surface area contributed by atoms with E-state index >= 15 is 0 Å². The molecule has 0 unspecified atom stereocenters. The summed E-state index contributed by atoms with van der Waals surface area (Å²) in [6.45, 7) is 0. The van der Waals surface area contributed by atoms with Crippen molar-refractivity contribution in [2.24, 2.45) is 0 Å². The molecule has 1 aliphatic rings. The number of ketones is 1. The molecular weight excluding hydrogens is 275 g/mol. The van der Waals surface area contributed by atoms with Crippen LogP contribution in [-0.4, -0.2) is 16.8 Å². The number of thioether (sulfide) groups is 1. The van der Waals surface area contributed by atoms with Crippen LogP contribution in [0.5, 0.6) is 0 Å². The lowest BCUT2D eigenvalue weighted by molar-refractivity contribution is 0.102. The van der Waals surface area contributed by atoms with Gasteiger partial charge in [-0.25, -0.2) is 0 Å². The van der Waals surface area contributed by atoms with Crippen LogP contribution in [0.25, 0.3) is 0 Å². The second kappa shape index (κ2) is 6.12. The van der Waals surface area contributed by atoms with Crippen molar-refractivity contribution < 1.29 is 4.79 Å². The van der Waals surface area contributed by atoms with E-state index in [1.807, 2.05) is 0 Å². The fourth-order valence-corrected chi connectivity index (χ4v) is 3.66. The minimum absolute atomic E-state index is 0.0781. The van der Waals surface area contributed by atoms with Crippen molar-refractivity contribution in [1.82, 2.24) is 0 Å². The lowest BCUT2D eigenvalue weighted by atomic mass is 10.1. The molecule has 0 aromatic heterocycles. The lowest BCUT2D eigenvalue weighted by Gasteiger charge is -2.09. The van der Waals surface area contributed by atoms with Gasteiger partial charge in [0.25, 0.3) is 0 Å². The van der Waals surface area contributed by atoms with Crippen molar-refractivity contribution in [3.8, 4) is 0 Å². The zero-order chi connectivity index (χ0) is 12.3. The summed E-state index contributed by atoms with van der Waals surface area (Å²) in [5.41, 5.74) is 0.546. The fourth-order valence-electron chi connectivity index (χ4n) is 2.05. The molecule has 0 spiro atoms. The van der Waals surface area contributed by atoms with Gasteiger partial charge in [-0.2, -0.15) is 11.8 Å². The third-order valence-corrected chi connectivity index (χ3v) is 5.19. The Hall–Kier alpha value is -0.180. The molecule has 0 saturated heterocycles. The highest BCUT2D eigenvalue weighted by Crippen LogP contribution is 2.31. The molecule has 0 aliphatic heterocycles. The van der Waals surface area contributed by atoms with Crippen LogP contribution in [-0.2, 0) is 0 Å². The molecule has 0 bridgehead atoms. The number of halogens is 2. The van der Waals surface area contributed by atoms with Gasteiger partial charge < -0.3 is 0 Å². The molecule has 17 heavy (non-hydrogen) atoms. The third kappa shape index (κ3) is 3.40. The number of rotatable bonds is 4. The molecule has 0 N–H and O–H groups in total. The van der Waals surface area contributed by atoms with E-state index in [9.17, 15) is 4.79 Å². The highest BCUT2D eigenvalue weighted by atomic mass is 35.5. The Labute approximate surface area is 116 Å². The van der Waals surface area contributed by atoms with Gasteiger partial charge in [-0.15, -0.1) is 0 Å². The van der Waals surface area contributed by atoms with Crippen LogP contribution >= 0.6 is 35.0 Å². The van der Waals surface area contributed by atoms with Gasteiger partial charge in [0.15, 0.2) is 5.78 Å². The lowest BCUT2D eigenvalue weighted by Crippen LogP contribution is -2.07. The van der Waals surface area contributed by atoms with Crippen molar-refractivity contribution in [1.29, 1.82) is 0 Å². The number of Topliss-reactive ketones (excluding diaryl/α,β-unsaturated/α-hetero) is 1. The molecule has 1 aromatic carbocycles. The first-order chi connectivity index (χ1) is 8.18. The van der Waals surface area contributed by atoms with E-state index in [0.717, 1.165) is 0 Å². The van der Waals surface area contributed by atoms with Crippen molar-refractivity contribution >= 4 is 40.7 Å². The number of hydrogen-bond acceptors (Lipinski definition) is 2. The van der Waals surface area contributed by atoms with E-state index in [2.05, 4.69) is 0 Å². The monoisotopic (exact) mass is 288 g/mol. The smallest absolute Gasteiger partial charge is 0.174 e. The van der Waals surface area contributed by atoms with Gasteiger partial charge in [0.1, 0.15) is 0 Å². The van der Waals surface area contributed by atoms with Gasteiger partial charge in [-0.1, -0.05) is 42.1 Å². The first kappa shape index (κ1) is 13.3. The van der Waals surface area contributed by atoms with E-state index in [1.54, 1.807) is 30.0 Å². The van der Waals surface area contributed by atoms with Gasteiger partial charge in [0.2, 0.25) is 0 Å². The highest BCUT2D eigenvalue weighted by Gasteiger charge is 2.18. The standard InChI is InChI=1S/C13H14Cl2OS/c14-11-7-3-6-10(13(11)15)12(16)8-17-9-4-1-2-5-9/h3,6-7,9H,1-2,4-5,8H2. The molecule has 1 fully saturated rings. The summed E-state index contributed by atoms with van der Waals surface area (Å²) < 4.78 is 0. The normalized spacial score (nSPS) is 16.4. The molecule has 0 radical (unpaired) electrons.